The van der Waals surface area contributed by atoms with Crippen LogP contribution < -0.4 is 11.1 Å². The van der Waals surface area contributed by atoms with Gasteiger partial charge in [-0.05, 0) is 41.0 Å². The molecule has 2 amide bonds. The summed E-state index contributed by atoms with van der Waals surface area (Å²) in [4.78, 5) is 31.8. The third-order valence-corrected chi connectivity index (χ3v) is 6.49. The Labute approximate surface area is 191 Å². The number of rotatable bonds is 6. The molecule has 3 aromatic rings. The first kappa shape index (κ1) is 21.9. The minimum Gasteiger partial charge on any atom is -0.444 e. The van der Waals surface area contributed by atoms with E-state index in [0.717, 1.165) is 16.7 Å². The maximum Gasteiger partial charge on any atom is 0.412 e. The standard InChI is InChI=1S/C24H24N4O3S/c25-14-17-6-8-20(9-7-17)27-22(29)21-16-32-23(19-10-12-26-13-11-19)28(21)24(30)31-15-18-4-2-1-3-5-18/h1-13,21,23H,14-16,25H2,(H,27,29)/t21-,23?/m0/s1. The highest BCUT2D eigenvalue weighted by Gasteiger charge is 2.43. The second kappa shape index (κ2) is 10.3. The summed E-state index contributed by atoms with van der Waals surface area (Å²) in [6.07, 6.45) is 2.82. The van der Waals surface area contributed by atoms with Crippen molar-refractivity contribution in [3.63, 3.8) is 0 Å². The van der Waals surface area contributed by atoms with Crippen molar-refractivity contribution in [1.82, 2.24) is 9.88 Å². The van der Waals surface area contributed by atoms with Gasteiger partial charge in [0.25, 0.3) is 0 Å². The van der Waals surface area contributed by atoms with E-state index in [1.807, 2.05) is 54.6 Å². The van der Waals surface area contributed by atoms with Crippen molar-refractivity contribution < 1.29 is 14.3 Å². The molecule has 0 aliphatic carbocycles. The summed E-state index contributed by atoms with van der Waals surface area (Å²) in [5.41, 5.74) is 9.05. The van der Waals surface area contributed by atoms with Gasteiger partial charge < -0.3 is 15.8 Å². The molecule has 1 aliphatic heterocycles. The number of nitrogens with two attached hydrogens (primary N) is 1. The van der Waals surface area contributed by atoms with Crippen LogP contribution in [0.5, 0.6) is 0 Å². The van der Waals surface area contributed by atoms with Crippen LogP contribution >= 0.6 is 11.8 Å². The second-order valence-electron chi connectivity index (χ2n) is 7.32. The summed E-state index contributed by atoms with van der Waals surface area (Å²) in [7, 11) is 0. The SMILES string of the molecule is NCc1ccc(NC(=O)[C@@H]2CSC(c3ccncc3)N2C(=O)OCc2ccccc2)cc1. The zero-order chi connectivity index (χ0) is 22.3. The molecule has 32 heavy (non-hydrogen) atoms. The first-order valence-electron chi connectivity index (χ1n) is 10.3. The average Bonchev–Trinajstić information content (AvgIpc) is 3.30. The number of nitrogens with zero attached hydrogens (tertiary/aromatic N) is 2. The van der Waals surface area contributed by atoms with Crippen molar-refractivity contribution >= 4 is 29.4 Å². The van der Waals surface area contributed by atoms with Crippen LogP contribution in [0.1, 0.15) is 22.1 Å². The Morgan fingerprint density at radius 2 is 1.75 bits per heavy atom. The van der Waals surface area contributed by atoms with Crippen molar-refractivity contribution in [2.45, 2.75) is 24.6 Å². The lowest BCUT2D eigenvalue weighted by atomic mass is 10.2. The number of thioether (sulfide) groups is 1. The fourth-order valence-electron chi connectivity index (χ4n) is 3.46. The van der Waals surface area contributed by atoms with Gasteiger partial charge in [-0.15, -0.1) is 11.8 Å². The number of hydrogen-bond donors (Lipinski definition) is 2. The summed E-state index contributed by atoms with van der Waals surface area (Å²) in [6, 6.07) is 19.8. The van der Waals surface area contributed by atoms with Gasteiger partial charge in [-0.3, -0.25) is 14.7 Å². The first-order valence-corrected chi connectivity index (χ1v) is 11.3. The molecule has 1 saturated heterocycles. The largest absolute Gasteiger partial charge is 0.444 e. The van der Waals surface area contributed by atoms with E-state index in [9.17, 15) is 9.59 Å². The third-order valence-electron chi connectivity index (χ3n) is 5.17. The highest BCUT2D eigenvalue weighted by Crippen LogP contribution is 2.42. The van der Waals surface area contributed by atoms with E-state index in [1.54, 1.807) is 24.5 Å². The molecule has 2 heterocycles. The van der Waals surface area contributed by atoms with Crippen molar-refractivity contribution in [1.29, 1.82) is 0 Å². The van der Waals surface area contributed by atoms with Crippen LogP contribution in [-0.4, -0.2) is 33.7 Å². The third kappa shape index (κ3) is 5.09. The minimum absolute atomic E-state index is 0.138. The van der Waals surface area contributed by atoms with Crippen LogP contribution in [0.15, 0.2) is 79.1 Å². The molecule has 2 atom stereocenters. The van der Waals surface area contributed by atoms with Gasteiger partial charge in [0.15, 0.2) is 0 Å². The number of amides is 2. The molecule has 0 radical (unpaired) electrons. The lowest BCUT2D eigenvalue weighted by molar-refractivity contribution is -0.120. The Morgan fingerprint density at radius 3 is 2.44 bits per heavy atom. The van der Waals surface area contributed by atoms with Crippen molar-refractivity contribution in [3.8, 4) is 0 Å². The number of ether oxygens (including phenoxy) is 1. The molecule has 0 bridgehead atoms. The van der Waals surface area contributed by atoms with E-state index in [1.165, 1.54) is 16.7 Å². The molecule has 8 heteroatoms. The van der Waals surface area contributed by atoms with Crippen LogP contribution in [0.3, 0.4) is 0 Å². The molecule has 0 spiro atoms. The molecule has 4 rings (SSSR count). The summed E-state index contributed by atoms with van der Waals surface area (Å²) >= 11 is 1.53. The predicted molar refractivity (Wildman–Crippen MR) is 125 cm³/mol. The number of hydrogen-bond acceptors (Lipinski definition) is 6. The number of nitrogens with one attached hydrogen (secondary N) is 1. The Kier molecular flexibility index (Phi) is 7.03. The minimum atomic E-state index is -0.671. The maximum absolute atomic E-state index is 13.1. The van der Waals surface area contributed by atoms with Gasteiger partial charge in [-0.2, -0.15) is 0 Å². The molecular formula is C24H24N4O3S. The van der Waals surface area contributed by atoms with Crippen molar-refractivity contribution in [3.05, 3.63) is 95.8 Å². The van der Waals surface area contributed by atoms with Crippen LogP contribution in [0, 0.1) is 0 Å². The van der Waals surface area contributed by atoms with Gasteiger partial charge in [-0.1, -0.05) is 42.5 Å². The van der Waals surface area contributed by atoms with E-state index in [4.69, 9.17) is 10.5 Å². The predicted octanol–water partition coefficient (Wildman–Crippen LogP) is 3.93. The number of aromatic nitrogens is 1. The van der Waals surface area contributed by atoms with E-state index >= 15 is 0 Å². The zero-order valence-corrected chi connectivity index (χ0v) is 18.2. The number of carbonyl (C=O) groups excluding carboxylic acids is 2. The van der Waals surface area contributed by atoms with E-state index < -0.39 is 12.1 Å². The maximum atomic E-state index is 13.1. The highest BCUT2D eigenvalue weighted by molar-refractivity contribution is 7.99. The molecule has 1 unspecified atom stereocenters. The average molecular weight is 449 g/mol. The smallest absolute Gasteiger partial charge is 0.412 e. The van der Waals surface area contributed by atoms with Gasteiger partial charge in [0.2, 0.25) is 5.91 Å². The molecule has 164 valence electrons. The quantitative estimate of drug-likeness (QED) is 0.593. The number of anilines is 1. The Hall–Kier alpha value is -3.36. The molecule has 1 aliphatic rings. The van der Waals surface area contributed by atoms with E-state index in [-0.39, 0.29) is 17.9 Å². The Balaban J connectivity index is 1.52. The topological polar surface area (TPSA) is 97.5 Å². The monoisotopic (exact) mass is 448 g/mol. The molecule has 7 nitrogen and oxygen atoms in total. The van der Waals surface area contributed by atoms with E-state index in [2.05, 4.69) is 10.3 Å². The van der Waals surface area contributed by atoms with Crippen LogP contribution in [-0.2, 0) is 22.7 Å². The van der Waals surface area contributed by atoms with Gasteiger partial charge in [0.1, 0.15) is 18.0 Å². The van der Waals surface area contributed by atoms with Gasteiger partial charge in [0, 0.05) is 30.4 Å². The molecule has 1 fully saturated rings. The normalized spacial score (nSPS) is 17.7. The highest BCUT2D eigenvalue weighted by atomic mass is 32.2. The second-order valence-corrected chi connectivity index (χ2v) is 8.43. The molecule has 0 saturated carbocycles. The fraction of sp³-hybridized carbons (Fsp3) is 0.208. The summed E-state index contributed by atoms with van der Waals surface area (Å²) in [6.45, 7) is 0.570. The van der Waals surface area contributed by atoms with Gasteiger partial charge in [0.05, 0.1) is 0 Å². The molecular weight excluding hydrogens is 424 g/mol. The summed E-state index contributed by atoms with van der Waals surface area (Å²) in [5, 5.41) is 2.57. The van der Waals surface area contributed by atoms with Crippen LogP contribution in [0.4, 0.5) is 10.5 Å². The fourth-order valence-corrected chi connectivity index (χ4v) is 4.88. The summed E-state index contributed by atoms with van der Waals surface area (Å²) < 4.78 is 5.59. The molecule has 2 aromatic carbocycles. The van der Waals surface area contributed by atoms with Crippen molar-refractivity contribution in [2.75, 3.05) is 11.1 Å². The Morgan fingerprint density at radius 1 is 1.03 bits per heavy atom. The zero-order valence-electron chi connectivity index (χ0n) is 17.4. The van der Waals surface area contributed by atoms with Gasteiger partial charge >= 0.3 is 6.09 Å². The number of benzene rings is 2. The molecule has 3 N–H and O–H groups in total. The number of carbonyl (C=O) groups is 2. The number of pyridine rings is 1. The Bertz CT molecular complexity index is 1050. The first-order chi connectivity index (χ1) is 15.7. The van der Waals surface area contributed by atoms with Gasteiger partial charge in [-0.25, -0.2) is 4.79 Å². The van der Waals surface area contributed by atoms with E-state index in [0.29, 0.717) is 18.0 Å². The molecule has 1 aromatic heterocycles. The van der Waals surface area contributed by atoms with Crippen LogP contribution in [0.2, 0.25) is 0 Å². The lowest BCUT2D eigenvalue weighted by Crippen LogP contribution is -2.45. The van der Waals surface area contributed by atoms with Crippen LogP contribution in [0.25, 0.3) is 0 Å². The summed E-state index contributed by atoms with van der Waals surface area (Å²) in [5.74, 6) is 0.200. The van der Waals surface area contributed by atoms with Crippen molar-refractivity contribution in [2.24, 2.45) is 5.73 Å². The lowest BCUT2D eigenvalue weighted by Gasteiger charge is -2.28.